The third-order valence-corrected chi connectivity index (χ3v) is 7.64. The van der Waals surface area contributed by atoms with Crippen LogP contribution in [0.15, 0.2) is 46.9 Å². The predicted molar refractivity (Wildman–Crippen MR) is 130 cm³/mol. The Morgan fingerprint density at radius 1 is 1.13 bits per heavy atom. The highest BCUT2D eigenvalue weighted by Crippen LogP contribution is 2.25. The normalized spacial score (nSPS) is 15.4. The summed E-state index contributed by atoms with van der Waals surface area (Å²) in [5, 5.41) is 2.93. The monoisotopic (exact) mass is 507 g/mol. The number of sulfonamides is 1. The van der Waals surface area contributed by atoms with Gasteiger partial charge in [-0.05, 0) is 74.6 Å². The van der Waals surface area contributed by atoms with Gasteiger partial charge >= 0.3 is 0 Å². The van der Waals surface area contributed by atoms with Gasteiger partial charge in [0.05, 0.1) is 18.0 Å². The minimum absolute atomic E-state index is 0.226. The molecule has 1 unspecified atom stereocenters. The van der Waals surface area contributed by atoms with Crippen LogP contribution in [0, 0.1) is 6.92 Å². The number of nitrogens with zero attached hydrogens (tertiary/aromatic N) is 2. The fourth-order valence-electron chi connectivity index (χ4n) is 3.81. The third-order valence-electron chi connectivity index (χ3n) is 5.61. The lowest BCUT2D eigenvalue weighted by Crippen LogP contribution is -2.41. The Bertz CT molecular complexity index is 1020. The maximum atomic E-state index is 12.7. The average Bonchev–Trinajstić information content (AvgIpc) is 2.74. The lowest BCUT2D eigenvalue weighted by molar-refractivity contribution is -0.120. The minimum atomic E-state index is -3.61. The average molecular weight is 508 g/mol. The summed E-state index contributed by atoms with van der Waals surface area (Å²) in [6.07, 6.45) is 4.86. The first-order valence-corrected chi connectivity index (χ1v) is 13.2. The zero-order valence-electron chi connectivity index (χ0n) is 18.3. The Morgan fingerprint density at radius 3 is 2.35 bits per heavy atom. The molecule has 1 aliphatic heterocycles. The van der Waals surface area contributed by atoms with Crippen LogP contribution in [0.25, 0.3) is 0 Å². The maximum Gasteiger partial charge on any atom is 0.241 e. The molecule has 0 spiro atoms. The number of carbonyl (C=O) groups excluding carboxylic acids is 1. The van der Waals surface area contributed by atoms with Gasteiger partial charge in [0.25, 0.3) is 0 Å². The molecule has 8 heteroatoms. The molecule has 0 bridgehead atoms. The smallest absolute Gasteiger partial charge is 0.241 e. The lowest BCUT2D eigenvalue weighted by atomic mass is 10.1. The molecule has 0 saturated carbocycles. The Balaban J connectivity index is 1.66. The number of amides is 1. The molecule has 0 radical (unpaired) electrons. The third kappa shape index (κ3) is 6.23. The van der Waals surface area contributed by atoms with Gasteiger partial charge in [0.2, 0.25) is 15.9 Å². The molecule has 1 N–H and O–H groups in total. The molecule has 0 aromatic heterocycles. The molecule has 2 aromatic rings. The maximum absolute atomic E-state index is 12.7. The van der Waals surface area contributed by atoms with Crippen LogP contribution < -0.4 is 14.5 Å². The molecule has 1 saturated heterocycles. The molecule has 1 amide bonds. The quantitative estimate of drug-likeness (QED) is 0.603. The molecule has 1 fully saturated rings. The van der Waals surface area contributed by atoms with Crippen molar-refractivity contribution in [3.05, 3.63) is 58.1 Å². The molecule has 0 aliphatic carbocycles. The summed E-state index contributed by atoms with van der Waals surface area (Å²) in [6.45, 7) is 5.69. The largest absolute Gasteiger partial charge is 0.372 e. The zero-order valence-corrected chi connectivity index (χ0v) is 20.7. The Morgan fingerprint density at radius 2 is 1.77 bits per heavy atom. The van der Waals surface area contributed by atoms with Gasteiger partial charge in [-0.25, -0.2) is 8.42 Å². The van der Waals surface area contributed by atoms with E-state index in [1.54, 1.807) is 18.2 Å². The number of nitrogens with one attached hydrogen (secondary N) is 1. The van der Waals surface area contributed by atoms with Crippen molar-refractivity contribution >= 4 is 43.2 Å². The van der Waals surface area contributed by atoms with Crippen molar-refractivity contribution in [2.45, 2.75) is 39.2 Å². The second kappa shape index (κ2) is 10.0. The Kier molecular flexibility index (Phi) is 7.64. The van der Waals surface area contributed by atoms with Crippen LogP contribution >= 0.6 is 15.9 Å². The number of hydrogen-bond acceptors (Lipinski definition) is 4. The number of benzene rings is 2. The molecule has 1 atom stereocenters. The van der Waals surface area contributed by atoms with Crippen molar-refractivity contribution in [2.24, 2.45) is 0 Å². The summed E-state index contributed by atoms with van der Waals surface area (Å²) in [7, 11) is -3.61. The fraction of sp³-hybridized carbons (Fsp3) is 0.435. The number of halogens is 1. The van der Waals surface area contributed by atoms with Crippen LogP contribution in [0.2, 0.25) is 0 Å². The van der Waals surface area contributed by atoms with Crippen LogP contribution in [0.5, 0.6) is 0 Å². The minimum Gasteiger partial charge on any atom is -0.372 e. The highest BCUT2D eigenvalue weighted by molar-refractivity contribution is 9.10. The van der Waals surface area contributed by atoms with E-state index in [1.165, 1.54) is 24.9 Å². The van der Waals surface area contributed by atoms with E-state index in [-0.39, 0.29) is 18.5 Å². The van der Waals surface area contributed by atoms with Gasteiger partial charge in [0.15, 0.2) is 0 Å². The van der Waals surface area contributed by atoms with Crippen molar-refractivity contribution < 1.29 is 13.2 Å². The molecule has 3 rings (SSSR count). The van der Waals surface area contributed by atoms with Crippen molar-refractivity contribution in [1.29, 1.82) is 0 Å². The van der Waals surface area contributed by atoms with Gasteiger partial charge in [-0.3, -0.25) is 9.10 Å². The van der Waals surface area contributed by atoms with E-state index in [9.17, 15) is 13.2 Å². The van der Waals surface area contributed by atoms with Crippen molar-refractivity contribution in [1.82, 2.24) is 5.32 Å². The van der Waals surface area contributed by atoms with E-state index >= 15 is 0 Å². The number of piperidine rings is 1. The summed E-state index contributed by atoms with van der Waals surface area (Å²) in [4.78, 5) is 15.1. The van der Waals surface area contributed by atoms with E-state index in [0.717, 1.165) is 39.3 Å². The number of rotatable bonds is 7. The van der Waals surface area contributed by atoms with E-state index in [4.69, 9.17) is 0 Å². The van der Waals surface area contributed by atoms with Gasteiger partial charge in [0.1, 0.15) is 6.54 Å². The van der Waals surface area contributed by atoms with Crippen molar-refractivity contribution in [3.8, 4) is 0 Å². The second-order valence-electron chi connectivity index (χ2n) is 8.13. The summed E-state index contributed by atoms with van der Waals surface area (Å²) < 4.78 is 26.7. The van der Waals surface area contributed by atoms with Crippen molar-refractivity contribution in [3.63, 3.8) is 0 Å². The molecule has 31 heavy (non-hydrogen) atoms. The first-order chi connectivity index (χ1) is 14.6. The molecule has 2 aromatic carbocycles. The van der Waals surface area contributed by atoms with Gasteiger partial charge in [-0.2, -0.15) is 0 Å². The molecular weight excluding hydrogens is 478 g/mol. The Hall–Kier alpha value is -2.06. The van der Waals surface area contributed by atoms with Gasteiger partial charge in [-0.1, -0.05) is 28.1 Å². The SMILES string of the molecule is Cc1cc(N(CC(=O)NC(C)c2ccc(N3CCCCC3)cc2)S(C)(=O)=O)ccc1Br. The molecular formula is C23H30BrN3O3S. The number of anilines is 2. The fourth-order valence-corrected chi connectivity index (χ4v) is 4.91. The van der Waals surface area contributed by atoms with Crippen molar-refractivity contribution in [2.75, 3.05) is 35.1 Å². The predicted octanol–water partition coefficient (Wildman–Crippen LogP) is 4.39. The topological polar surface area (TPSA) is 69.7 Å². The highest BCUT2D eigenvalue weighted by Gasteiger charge is 2.22. The second-order valence-corrected chi connectivity index (χ2v) is 10.9. The number of aryl methyl sites for hydroxylation is 1. The standard InChI is InChI=1S/C23H30BrN3O3S/c1-17-15-21(11-12-22(17)24)27(31(3,29)30)16-23(28)25-18(2)19-7-9-20(10-8-19)26-13-5-4-6-14-26/h7-12,15,18H,4-6,13-14,16H2,1-3H3,(H,25,28). The van der Waals surface area contributed by atoms with Gasteiger partial charge in [0, 0.05) is 23.2 Å². The summed E-state index contributed by atoms with van der Waals surface area (Å²) >= 11 is 3.42. The molecule has 168 valence electrons. The van der Waals surface area contributed by atoms with E-state index in [2.05, 4.69) is 38.3 Å². The first kappa shape index (κ1) is 23.6. The Labute approximate surface area is 193 Å². The van der Waals surface area contributed by atoms with Crippen LogP contribution in [0.4, 0.5) is 11.4 Å². The van der Waals surface area contributed by atoms with Crippen LogP contribution in [0.1, 0.15) is 43.4 Å². The summed E-state index contributed by atoms with van der Waals surface area (Å²) in [6, 6.07) is 13.2. The number of hydrogen-bond donors (Lipinski definition) is 1. The van der Waals surface area contributed by atoms with E-state index in [0.29, 0.717) is 5.69 Å². The molecule has 1 aliphatic rings. The van der Waals surface area contributed by atoms with Gasteiger partial charge in [-0.15, -0.1) is 0 Å². The summed E-state index contributed by atoms with van der Waals surface area (Å²) in [5.74, 6) is -0.349. The number of carbonyl (C=O) groups is 1. The summed E-state index contributed by atoms with van der Waals surface area (Å²) in [5.41, 5.74) is 3.56. The van der Waals surface area contributed by atoms with Gasteiger partial charge < -0.3 is 10.2 Å². The van der Waals surface area contributed by atoms with Crippen LogP contribution in [0.3, 0.4) is 0 Å². The van der Waals surface area contributed by atoms with Crippen LogP contribution in [-0.4, -0.2) is 40.2 Å². The van der Waals surface area contributed by atoms with Crippen LogP contribution in [-0.2, 0) is 14.8 Å². The van der Waals surface area contributed by atoms with E-state index < -0.39 is 10.0 Å². The van der Waals surface area contributed by atoms with E-state index in [1.807, 2.05) is 26.0 Å². The highest BCUT2D eigenvalue weighted by atomic mass is 79.9. The lowest BCUT2D eigenvalue weighted by Gasteiger charge is -2.29. The first-order valence-electron chi connectivity index (χ1n) is 10.5. The molecule has 1 heterocycles. The zero-order chi connectivity index (χ0) is 22.6. The molecule has 6 nitrogen and oxygen atoms in total.